The van der Waals surface area contributed by atoms with Crippen molar-refractivity contribution < 1.29 is 5.21 Å². The smallest absolute Gasteiger partial charge is 0.0618 e. The number of hydrogen-bond acceptors (Lipinski definition) is 2. The van der Waals surface area contributed by atoms with Crippen molar-refractivity contribution in [2.75, 3.05) is 0 Å². The van der Waals surface area contributed by atoms with Crippen LogP contribution in [0.2, 0.25) is 0 Å². The van der Waals surface area contributed by atoms with Gasteiger partial charge in [-0.25, -0.2) is 0 Å². The Kier molecular flexibility index (Phi) is 1.82. The van der Waals surface area contributed by atoms with E-state index in [0.717, 1.165) is 25.0 Å². The number of nitrogens with zero attached hydrogens (tertiary/aromatic N) is 1. The summed E-state index contributed by atoms with van der Waals surface area (Å²) in [5.41, 5.74) is 3.38. The Morgan fingerprint density at radius 1 is 1.42 bits per heavy atom. The van der Waals surface area contributed by atoms with Crippen LogP contribution >= 0.6 is 0 Å². The number of hydrogen-bond donors (Lipinski definition) is 1. The number of fused-ring (bicyclic) bond motifs is 1. The normalized spacial score (nSPS) is 19.2. The van der Waals surface area contributed by atoms with Crippen molar-refractivity contribution >= 4 is 5.71 Å². The molecule has 0 aromatic heterocycles. The molecule has 0 aliphatic heterocycles. The maximum atomic E-state index is 8.59. The van der Waals surface area contributed by atoms with Crippen molar-refractivity contribution in [1.29, 1.82) is 0 Å². The van der Waals surface area contributed by atoms with Crippen LogP contribution in [0.1, 0.15) is 17.5 Å². The summed E-state index contributed by atoms with van der Waals surface area (Å²) >= 11 is 0. The van der Waals surface area contributed by atoms with Crippen LogP contribution in [-0.2, 0) is 12.8 Å². The van der Waals surface area contributed by atoms with E-state index < -0.39 is 0 Å². The highest BCUT2D eigenvalue weighted by Gasteiger charge is 2.13. The van der Waals surface area contributed by atoms with Crippen molar-refractivity contribution in [3.05, 3.63) is 35.4 Å². The lowest BCUT2D eigenvalue weighted by Gasteiger charge is -2.15. The van der Waals surface area contributed by atoms with Gasteiger partial charge < -0.3 is 5.21 Å². The van der Waals surface area contributed by atoms with Gasteiger partial charge in [0, 0.05) is 6.42 Å². The number of oxime groups is 1. The molecule has 0 spiro atoms. The van der Waals surface area contributed by atoms with Crippen LogP contribution in [0.25, 0.3) is 0 Å². The van der Waals surface area contributed by atoms with Crippen LogP contribution in [0, 0.1) is 6.07 Å². The molecule has 0 unspecified atom stereocenters. The minimum atomic E-state index is 0.757. The fourth-order valence-corrected chi connectivity index (χ4v) is 1.56. The Hall–Kier alpha value is -1.31. The molecule has 0 saturated heterocycles. The largest absolute Gasteiger partial charge is 0.411 e. The van der Waals surface area contributed by atoms with Crippen molar-refractivity contribution in [1.82, 2.24) is 0 Å². The molecule has 1 N–H and O–H groups in total. The molecule has 1 aliphatic rings. The number of rotatable bonds is 0. The minimum absolute atomic E-state index is 0.757. The third-order valence-electron chi connectivity index (χ3n) is 2.24. The Balaban J connectivity index is 2.35. The summed E-state index contributed by atoms with van der Waals surface area (Å²) in [4.78, 5) is 0. The van der Waals surface area contributed by atoms with E-state index in [9.17, 15) is 0 Å². The van der Waals surface area contributed by atoms with Crippen molar-refractivity contribution in [2.24, 2.45) is 5.16 Å². The van der Waals surface area contributed by atoms with Gasteiger partial charge in [-0.2, -0.15) is 0 Å². The third kappa shape index (κ3) is 1.20. The summed E-state index contributed by atoms with van der Waals surface area (Å²) < 4.78 is 0. The number of aryl methyl sites for hydroxylation is 1. The van der Waals surface area contributed by atoms with E-state index in [2.05, 4.69) is 17.3 Å². The predicted octanol–water partition coefficient (Wildman–Crippen LogP) is 1.81. The van der Waals surface area contributed by atoms with Crippen LogP contribution in [0.15, 0.2) is 23.4 Å². The zero-order chi connectivity index (χ0) is 8.39. The first-order chi connectivity index (χ1) is 5.90. The third-order valence-corrected chi connectivity index (χ3v) is 2.24. The van der Waals surface area contributed by atoms with Gasteiger partial charge >= 0.3 is 0 Å². The van der Waals surface area contributed by atoms with Crippen LogP contribution in [-0.4, -0.2) is 10.9 Å². The molecule has 2 nitrogen and oxygen atoms in total. The van der Waals surface area contributed by atoms with Gasteiger partial charge in [-0.05, 0) is 30.0 Å². The second kappa shape index (κ2) is 2.97. The molecule has 0 amide bonds. The van der Waals surface area contributed by atoms with E-state index in [1.807, 2.05) is 12.1 Å². The molecule has 61 valence electrons. The highest BCUT2D eigenvalue weighted by atomic mass is 16.4. The van der Waals surface area contributed by atoms with E-state index in [1.165, 1.54) is 11.1 Å². The van der Waals surface area contributed by atoms with Crippen LogP contribution in [0.4, 0.5) is 0 Å². The topological polar surface area (TPSA) is 32.6 Å². The van der Waals surface area contributed by atoms with Gasteiger partial charge in [-0.3, -0.25) is 0 Å². The van der Waals surface area contributed by atoms with Gasteiger partial charge in [0.2, 0.25) is 0 Å². The SMILES string of the molecule is O/N=C1\CCc2ccc[c]c2C1. The van der Waals surface area contributed by atoms with Crippen molar-refractivity contribution in [3.8, 4) is 0 Å². The number of benzene rings is 1. The van der Waals surface area contributed by atoms with Gasteiger partial charge in [0.15, 0.2) is 0 Å². The zero-order valence-electron chi connectivity index (χ0n) is 6.75. The van der Waals surface area contributed by atoms with E-state index in [1.54, 1.807) is 0 Å². The molecular formula is C10H10NO. The predicted molar refractivity (Wildman–Crippen MR) is 46.5 cm³/mol. The quantitative estimate of drug-likeness (QED) is 0.455. The van der Waals surface area contributed by atoms with Gasteiger partial charge in [0.05, 0.1) is 5.71 Å². The molecule has 2 rings (SSSR count). The van der Waals surface area contributed by atoms with E-state index in [0.29, 0.717) is 0 Å². The molecule has 0 fully saturated rings. The Morgan fingerprint density at radius 3 is 3.17 bits per heavy atom. The first-order valence-electron chi connectivity index (χ1n) is 4.08. The summed E-state index contributed by atoms with van der Waals surface area (Å²) in [7, 11) is 0. The van der Waals surface area contributed by atoms with Gasteiger partial charge in [-0.15, -0.1) is 0 Å². The van der Waals surface area contributed by atoms with Crippen molar-refractivity contribution in [3.63, 3.8) is 0 Å². The first kappa shape index (κ1) is 7.35. The van der Waals surface area contributed by atoms with Gasteiger partial charge in [-0.1, -0.05) is 23.4 Å². The maximum absolute atomic E-state index is 8.59. The van der Waals surface area contributed by atoms with Crippen molar-refractivity contribution in [2.45, 2.75) is 19.3 Å². The Morgan fingerprint density at radius 2 is 2.33 bits per heavy atom. The lowest BCUT2D eigenvalue weighted by Crippen LogP contribution is -2.13. The molecule has 1 aromatic rings. The average molecular weight is 160 g/mol. The molecule has 1 aromatic carbocycles. The molecule has 1 radical (unpaired) electrons. The van der Waals surface area contributed by atoms with Crippen LogP contribution in [0.5, 0.6) is 0 Å². The molecule has 12 heavy (non-hydrogen) atoms. The highest BCUT2D eigenvalue weighted by Crippen LogP contribution is 2.18. The summed E-state index contributed by atoms with van der Waals surface area (Å²) in [6.07, 6.45) is 2.61. The lowest BCUT2D eigenvalue weighted by molar-refractivity contribution is 0.316. The van der Waals surface area contributed by atoms with E-state index in [4.69, 9.17) is 5.21 Å². The summed E-state index contributed by atoms with van der Waals surface area (Å²) in [6, 6.07) is 9.17. The fraction of sp³-hybridized carbons (Fsp3) is 0.300. The second-order valence-corrected chi connectivity index (χ2v) is 3.02. The first-order valence-corrected chi connectivity index (χ1v) is 4.08. The summed E-state index contributed by atoms with van der Waals surface area (Å²) in [5, 5.41) is 11.8. The second-order valence-electron chi connectivity index (χ2n) is 3.02. The molecule has 1 aliphatic carbocycles. The molecule has 0 bridgehead atoms. The van der Waals surface area contributed by atoms with E-state index >= 15 is 0 Å². The fourth-order valence-electron chi connectivity index (χ4n) is 1.56. The Bertz CT molecular complexity index is 317. The molecule has 0 heterocycles. The summed E-state index contributed by atoms with van der Waals surface area (Å²) in [5.74, 6) is 0. The monoisotopic (exact) mass is 160 g/mol. The van der Waals surface area contributed by atoms with Gasteiger partial charge in [0.25, 0.3) is 0 Å². The Labute approximate surface area is 71.5 Å². The molecule has 0 atom stereocenters. The molecule has 2 heteroatoms. The zero-order valence-corrected chi connectivity index (χ0v) is 6.75. The maximum Gasteiger partial charge on any atom is 0.0618 e. The minimum Gasteiger partial charge on any atom is -0.411 e. The average Bonchev–Trinajstić information content (AvgIpc) is 2.17. The molecular weight excluding hydrogens is 150 g/mol. The molecule has 0 saturated carbocycles. The van der Waals surface area contributed by atoms with Gasteiger partial charge in [0.1, 0.15) is 0 Å². The van der Waals surface area contributed by atoms with Crippen LogP contribution in [0.3, 0.4) is 0 Å². The standard InChI is InChI=1S/C10H10NO/c12-11-10-6-5-8-3-1-2-4-9(8)7-10/h1-3,12H,5-7H2/b11-10+. The lowest BCUT2D eigenvalue weighted by atomic mass is 9.91. The van der Waals surface area contributed by atoms with Crippen LogP contribution < -0.4 is 0 Å². The highest BCUT2D eigenvalue weighted by molar-refractivity contribution is 5.87. The van der Waals surface area contributed by atoms with E-state index in [-0.39, 0.29) is 0 Å². The summed E-state index contributed by atoms with van der Waals surface area (Å²) in [6.45, 7) is 0.